The monoisotopic (exact) mass is 457 g/mol. The van der Waals surface area contributed by atoms with Crippen molar-refractivity contribution in [3.8, 4) is 5.69 Å². The Morgan fingerprint density at radius 2 is 1.91 bits per heavy atom. The molecule has 0 radical (unpaired) electrons. The van der Waals surface area contributed by atoms with Crippen LogP contribution in [0.1, 0.15) is 53.4 Å². The lowest BCUT2D eigenvalue weighted by molar-refractivity contribution is -0.137. The topological polar surface area (TPSA) is 63.9 Å². The number of aromatic nitrogens is 4. The lowest BCUT2D eigenvalue weighted by atomic mass is 9.86. The highest BCUT2D eigenvalue weighted by atomic mass is 19.4. The SMILES string of the molecule is Cc1ccc(C(=O)N2CCC[C@@H](C)[C@H]2CCc2ccc(C(F)(F)F)cn2)c(-n2nccn2)c1. The third-order valence-electron chi connectivity index (χ3n) is 6.24. The number of aryl methyl sites for hydroxylation is 2. The third-order valence-corrected chi connectivity index (χ3v) is 6.24. The van der Waals surface area contributed by atoms with Crippen LogP contribution < -0.4 is 0 Å². The van der Waals surface area contributed by atoms with E-state index in [9.17, 15) is 18.0 Å². The quantitative estimate of drug-likeness (QED) is 0.549. The molecule has 3 heterocycles. The minimum Gasteiger partial charge on any atom is -0.335 e. The molecule has 1 fully saturated rings. The molecule has 6 nitrogen and oxygen atoms in total. The maximum atomic E-state index is 13.7. The predicted molar refractivity (Wildman–Crippen MR) is 117 cm³/mol. The summed E-state index contributed by atoms with van der Waals surface area (Å²) in [6.45, 7) is 4.70. The van der Waals surface area contributed by atoms with Crippen LogP contribution in [0.2, 0.25) is 0 Å². The van der Waals surface area contributed by atoms with Gasteiger partial charge in [-0.2, -0.15) is 28.2 Å². The number of likely N-dealkylation sites (tertiary alicyclic amines) is 1. The molecular formula is C24H26F3N5O. The first kappa shape index (κ1) is 22.9. The smallest absolute Gasteiger partial charge is 0.335 e. The van der Waals surface area contributed by atoms with Crippen LogP contribution in [-0.4, -0.2) is 43.4 Å². The molecule has 1 aromatic carbocycles. The van der Waals surface area contributed by atoms with Gasteiger partial charge in [0.25, 0.3) is 5.91 Å². The van der Waals surface area contributed by atoms with E-state index in [1.807, 2.05) is 30.0 Å². The summed E-state index contributed by atoms with van der Waals surface area (Å²) < 4.78 is 38.4. The molecule has 2 aromatic heterocycles. The Labute approximate surface area is 190 Å². The number of halogens is 3. The van der Waals surface area contributed by atoms with Crippen LogP contribution in [-0.2, 0) is 12.6 Å². The Morgan fingerprint density at radius 3 is 2.58 bits per heavy atom. The molecule has 1 amide bonds. The summed E-state index contributed by atoms with van der Waals surface area (Å²) in [4.78, 5) is 21.0. The van der Waals surface area contributed by atoms with E-state index in [1.54, 1.807) is 12.4 Å². The molecule has 0 spiro atoms. The Balaban J connectivity index is 1.55. The van der Waals surface area contributed by atoms with E-state index in [0.29, 0.717) is 36.3 Å². The van der Waals surface area contributed by atoms with Crippen molar-refractivity contribution < 1.29 is 18.0 Å². The van der Waals surface area contributed by atoms with Gasteiger partial charge in [0.05, 0.1) is 29.2 Å². The molecule has 0 N–H and O–H groups in total. The standard InChI is InChI=1S/C24H26F3N5O/c1-16-5-9-20(22(14-16)32-29-11-12-30-32)23(33)31-13-3-4-17(2)21(31)10-8-19-7-6-18(15-28-19)24(25,26)27/h5-7,9,11-12,14-15,17,21H,3-4,8,10,13H2,1-2H3/t17-,21-/m1/s1. The molecule has 1 aliphatic rings. The van der Waals surface area contributed by atoms with E-state index >= 15 is 0 Å². The van der Waals surface area contributed by atoms with Crippen molar-refractivity contribution in [1.29, 1.82) is 0 Å². The minimum atomic E-state index is -4.40. The zero-order valence-corrected chi connectivity index (χ0v) is 18.6. The summed E-state index contributed by atoms with van der Waals surface area (Å²) in [5, 5.41) is 8.39. The summed E-state index contributed by atoms with van der Waals surface area (Å²) in [7, 11) is 0. The average molecular weight is 458 g/mol. The minimum absolute atomic E-state index is 0.0323. The fourth-order valence-electron chi connectivity index (χ4n) is 4.46. The first-order valence-electron chi connectivity index (χ1n) is 11.0. The lowest BCUT2D eigenvalue weighted by Crippen LogP contribution is -2.48. The van der Waals surface area contributed by atoms with Gasteiger partial charge in [0.1, 0.15) is 0 Å². The Morgan fingerprint density at radius 1 is 1.15 bits per heavy atom. The van der Waals surface area contributed by atoms with Crippen LogP contribution in [0.4, 0.5) is 13.2 Å². The summed E-state index contributed by atoms with van der Waals surface area (Å²) in [5.41, 5.74) is 1.99. The fraction of sp³-hybridized carbons (Fsp3) is 0.417. The number of nitrogens with zero attached hydrogens (tertiary/aromatic N) is 5. The van der Waals surface area contributed by atoms with Gasteiger partial charge < -0.3 is 4.90 Å². The van der Waals surface area contributed by atoms with E-state index in [2.05, 4.69) is 22.1 Å². The number of hydrogen-bond donors (Lipinski definition) is 0. The number of amides is 1. The summed E-state index contributed by atoms with van der Waals surface area (Å²) >= 11 is 0. The first-order valence-corrected chi connectivity index (χ1v) is 11.0. The fourth-order valence-corrected chi connectivity index (χ4v) is 4.46. The van der Waals surface area contributed by atoms with Gasteiger partial charge in [0.15, 0.2) is 0 Å². The molecule has 1 aliphatic heterocycles. The summed E-state index contributed by atoms with van der Waals surface area (Å²) in [6, 6.07) is 8.05. The second kappa shape index (κ2) is 9.33. The van der Waals surface area contributed by atoms with Gasteiger partial charge in [-0.15, -0.1) is 0 Å². The van der Waals surface area contributed by atoms with Gasteiger partial charge in [-0.1, -0.05) is 13.0 Å². The molecule has 3 aromatic rings. The lowest BCUT2D eigenvalue weighted by Gasteiger charge is -2.40. The normalized spacial score (nSPS) is 19.0. The van der Waals surface area contributed by atoms with Crippen molar-refractivity contribution in [3.05, 3.63) is 71.3 Å². The molecule has 0 aliphatic carbocycles. The summed E-state index contributed by atoms with van der Waals surface area (Å²) in [5.74, 6) is 0.188. The Hall–Kier alpha value is -3.23. The highest BCUT2D eigenvalue weighted by Crippen LogP contribution is 2.31. The largest absolute Gasteiger partial charge is 0.417 e. The van der Waals surface area contributed by atoms with Crippen molar-refractivity contribution in [2.24, 2.45) is 5.92 Å². The number of carbonyl (C=O) groups excluding carboxylic acids is 1. The van der Waals surface area contributed by atoms with Crippen LogP contribution in [0, 0.1) is 12.8 Å². The van der Waals surface area contributed by atoms with Crippen LogP contribution >= 0.6 is 0 Å². The molecule has 0 saturated carbocycles. The maximum absolute atomic E-state index is 13.7. The number of benzene rings is 1. The van der Waals surface area contributed by atoms with Gasteiger partial charge in [-0.05, 0) is 68.4 Å². The van der Waals surface area contributed by atoms with Gasteiger partial charge in [0.2, 0.25) is 0 Å². The second-order valence-electron chi connectivity index (χ2n) is 8.60. The van der Waals surface area contributed by atoms with Crippen molar-refractivity contribution in [2.75, 3.05) is 6.54 Å². The van der Waals surface area contributed by atoms with Crippen LogP contribution in [0.15, 0.2) is 48.9 Å². The van der Waals surface area contributed by atoms with E-state index in [1.165, 1.54) is 10.9 Å². The number of rotatable bonds is 5. The van der Waals surface area contributed by atoms with Crippen LogP contribution in [0.3, 0.4) is 0 Å². The molecule has 0 unspecified atom stereocenters. The molecule has 2 atom stereocenters. The predicted octanol–water partition coefficient (Wildman–Crippen LogP) is 4.86. The van der Waals surface area contributed by atoms with E-state index in [0.717, 1.165) is 30.7 Å². The zero-order chi connectivity index (χ0) is 23.6. The molecule has 33 heavy (non-hydrogen) atoms. The molecule has 174 valence electrons. The van der Waals surface area contributed by atoms with E-state index < -0.39 is 11.7 Å². The Bertz CT molecular complexity index is 1100. The van der Waals surface area contributed by atoms with Crippen molar-refractivity contribution >= 4 is 5.91 Å². The Kier molecular flexibility index (Phi) is 6.49. The van der Waals surface area contributed by atoms with Gasteiger partial charge in [-0.3, -0.25) is 9.78 Å². The number of pyridine rings is 1. The molecular weight excluding hydrogens is 431 g/mol. The molecule has 1 saturated heterocycles. The highest BCUT2D eigenvalue weighted by Gasteiger charge is 2.34. The number of hydrogen-bond acceptors (Lipinski definition) is 4. The van der Waals surface area contributed by atoms with E-state index in [4.69, 9.17) is 0 Å². The second-order valence-corrected chi connectivity index (χ2v) is 8.60. The average Bonchev–Trinajstić information content (AvgIpc) is 3.32. The maximum Gasteiger partial charge on any atom is 0.417 e. The van der Waals surface area contributed by atoms with E-state index in [-0.39, 0.29) is 17.9 Å². The third kappa shape index (κ3) is 5.07. The molecule has 9 heteroatoms. The number of carbonyl (C=O) groups is 1. The highest BCUT2D eigenvalue weighted by molar-refractivity contribution is 5.98. The summed E-state index contributed by atoms with van der Waals surface area (Å²) in [6.07, 6.45) is 2.64. The zero-order valence-electron chi connectivity index (χ0n) is 18.6. The van der Waals surface area contributed by atoms with Crippen molar-refractivity contribution in [2.45, 2.75) is 51.7 Å². The number of piperidine rings is 1. The van der Waals surface area contributed by atoms with Crippen LogP contribution in [0.25, 0.3) is 5.69 Å². The van der Waals surface area contributed by atoms with Crippen molar-refractivity contribution in [3.63, 3.8) is 0 Å². The number of alkyl halides is 3. The first-order chi connectivity index (χ1) is 15.7. The van der Waals surface area contributed by atoms with Crippen molar-refractivity contribution in [1.82, 2.24) is 24.9 Å². The van der Waals surface area contributed by atoms with Gasteiger partial charge in [0, 0.05) is 24.5 Å². The molecule has 4 rings (SSSR count). The van der Waals surface area contributed by atoms with Crippen LogP contribution in [0.5, 0.6) is 0 Å². The van der Waals surface area contributed by atoms with Gasteiger partial charge in [-0.25, -0.2) is 0 Å². The molecule has 0 bridgehead atoms. The van der Waals surface area contributed by atoms with Gasteiger partial charge >= 0.3 is 6.18 Å².